The predicted octanol–water partition coefficient (Wildman–Crippen LogP) is 1.40. The number of amides is 1. The van der Waals surface area contributed by atoms with Crippen LogP contribution in [-0.4, -0.2) is 50.2 Å². The van der Waals surface area contributed by atoms with E-state index in [4.69, 9.17) is 4.74 Å². The number of hydrogen-bond donors (Lipinski definition) is 1. The number of ether oxygens (including phenoxy) is 1. The summed E-state index contributed by atoms with van der Waals surface area (Å²) < 4.78 is 5.46. The van der Waals surface area contributed by atoms with E-state index >= 15 is 0 Å². The molecule has 2 saturated heterocycles. The molecule has 4 heteroatoms. The number of rotatable bonds is 4. The maximum Gasteiger partial charge on any atom is 0.223 e. The lowest BCUT2D eigenvalue weighted by atomic mass is 10.00. The van der Waals surface area contributed by atoms with Gasteiger partial charge in [-0.3, -0.25) is 4.79 Å². The third-order valence-electron chi connectivity index (χ3n) is 4.05. The van der Waals surface area contributed by atoms with Crippen LogP contribution in [-0.2, 0) is 9.53 Å². The second kappa shape index (κ2) is 7.10. The van der Waals surface area contributed by atoms with Crippen molar-refractivity contribution in [1.82, 2.24) is 10.2 Å². The Labute approximate surface area is 110 Å². The van der Waals surface area contributed by atoms with Gasteiger partial charge in [0.2, 0.25) is 5.91 Å². The smallest absolute Gasteiger partial charge is 0.223 e. The van der Waals surface area contributed by atoms with Crippen LogP contribution < -0.4 is 5.32 Å². The highest BCUT2D eigenvalue weighted by molar-refractivity contribution is 5.76. The molecule has 2 unspecified atom stereocenters. The lowest BCUT2D eigenvalue weighted by Gasteiger charge is -2.29. The fourth-order valence-electron chi connectivity index (χ4n) is 2.91. The summed E-state index contributed by atoms with van der Waals surface area (Å²) in [7, 11) is 1.93. The van der Waals surface area contributed by atoms with Crippen LogP contribution in [0.4, 0.5) is 0 Å². The molecular weight excluding hydrogens is 228 g/mol. The zero-order chi connectivity index (χ0) is 12.8. The summed E-state index contributed by atoms with van der Waals surface area (Å²) in [6.07, 6.45) is 6.64. The van der Waals surface area contributed by atoms with E-state index < -0.39 is 0 Å². The van der Waals surface area contributed by atoms with E-state index in [1.807, 2.05) is 11.9 Å². The Balaban J connectivity index is 1.69. The number of nitrogens with one attached hydrogen (secondary N) is 1. The second-order valence-corrected chi connectivity index (χ2v) is 5.71. The normalized spacial score (nSPS) is 28.9. The molecule has 1 N–H and O–H groups in total. The van der Waals surface area contributed by atoms with Crippen molar-refractivity contribution >= 4 is 5.91 Å². The van der Waals surface area contributed by atoms with Gasteiger partial charge in [0.15, 0.2) is 0 Å². The van der Waals surface area contributed by atoms with Gasteiger partial charge in [-0.15, -0.1) is 0 Å². The molecule has 104 valence electrons. The van der Waals surface area contributed by atoms with Gasteiger partial charge in [0.1, 0.15) is 0 Å². The molecular formula is C14H26N2O2. The average Bonchev–Trinajstić information content (AvgIpc) is 2.41. The minimum Gasteiger partial charge on any atom is -0.381 e. The Morgan fingerprint density at radius 3 is 2.89 bits per heavy atom. The summed E-state index contributed by atoms with van der Waals surface area (Å²) in [5, 5.41) is 3.44. The zero-order valence-electron chi connectivity index (χ0n) is 11.5. The number of carbonyl (C=O) groups is 1. The zero-order valence-corrected chi connectivity index (χ0v) is 11.5. The van der Waals surface area contributed by atoms with Crippen LogP contribution in [0.3, 0.4) is 0 Å². The average molecular weight is 254 g/mol. The lowest BCUT2D eigenvalue weighted by molar-refractivity contribution is -0.131. The molecule has 0 aromatic carbocycles. The Hall–Kier alpha value is -0.610. The Bertz CT molecular complexity index is 259. The molecule has 2 atom stereocenters. The molecule has 4 nitrogen and oxygen atoms in total. The van der Waals surface area contributed by atoms with E-state index in [1.54, 1.807) is 0 Å². The van der Waals surface area contributed by atoms with Crippen LogP contribution in [0.15, 0.2) is 0 Å². The SMILES string of the molecule is CN(CC1CCCOC1)C(=O)CC1CCCCN1. The number of nitrogens with zero attached hydrogens (tertiary/aromatic N) is 1. The van der Waals surface area contributed by atoms with E-state index in [2.05, 4.69) is 5.32 Å². The van der Waals surface area contributed by atoms with E-state index in [0.717, 1.165) is 39.1 Å². The first-order valence-corrected chi connectivity index (χ1v) is 7.31. The summed E-state index contributed by atoms with van der Waals surface area (Å²) in [4.78, 5) is 14.0. The first-order valence-electron chi connectivity index (χ1n) is 7.31. The molecule has 0 saturated carbocycles. The van der Waals surface area contributed by atoms with Crippen LogP contribution in [0.25, 0.3) is 0 Å². The quantitative estimate of drug-likeness (QED) is 0.824. The monoisotopic (exact) mass is 254 g/mol. The van der Waals surface area contributed by atoms with Gasteiger partial charge >= 0.3 is 0 Å². The molecule has 0 radical (unpaired) electrons. The Morgan fingerprint density at radius 2 is 2.22 bits per heavy atom. The minimum atomic E-state index is 0.278. The maximum absolute atomic E-state index is 12.1. The number of carbonyl (C=O) groups excluding carboxylic acids is 1. The van der Waals surface area contributed by atoms with Gasteiger partial charge in [-0.05, 0) is 38.1 Å². The topological polar surface area (TPSA) is 41.6 Å². The van der Waals surface area contributed by atoms with Crippen molar-refractivity contribution in [2.75, 3.05) is 33.4 Å². The highest BCUT2D eigenvalue weighted by atomic mass is 16.5. The fraction of sp³-hybridized carbons (Fsp3) is 0.929. The van der Waals surface area contributed by atoms with Crippen molar-refractivity contribution in [2.24, 2.45) is 5.92 Å². The van der Waals surface area contributed by atoms with E-state index in [-0.39, 0.29) is 5.91 Å². The van der Waals surface area contributed by atoms with E-state index in [9.17, 15) is 4.79 Å². The van der Waals surface area contributed by atoms with Crippen molar-refractivity contribution in [3.05, 3.63) is 0 Å². The van der Waals surface area contributed by atoms with Gasteiger partial charge in [0.05, 0.1) is 6.61 Å². The van der Waals surface area contributed by atoms with Crippen molar-refractivity contribution in [2.45, 2.75) is 44.6 Å². The molecule has 0 aliphatic carbocycles. The van der Waals surface area contributed by atoms with Crippen LogP contribution >= 0.6 is 0 Å². The lowest BCUT2D eigenvalue weighted by Crippen LogP contribution is -2.41. The van der Waals surface area contributed by atoms with E-state index in [0.29, 0.717) is 18.4 Å². The third kappa shape index (κ3) is 4.25. The Kier molecular flexibility index (Phi) is 5.45. The Morgan fingerprint density at radius 1 is 1.33 bits per heavy atom. The van der Waals surface area contributed by atoms with Gasteiger partial charge in [-0.1, -0.05) is 6.42 Å². The first kappa shape index (κ1) is 13.8. The third-order valence-corrected chi connectivity index (χ3v) is 4.05. The van der Waals surface area contributed by atoms with Crippen LogP contribution in [0, 0.1) is 5.92 Å². The molecule has 0 aromatic rings. The summed E-state index contributed by atoms with van der Waals surface area (Å²) in [5.74, 6) is 0.812. The van der Waals surface area contributed by atoms with Gasteiger partial charge in [-0.25, -0.2) is 0 Å². The standard InChI is InChI=1S/C14H26N2O2/c1-16(10-12-5-4-8-18-11-12)14(17)9-13-6-2-3-7-15-13/h12-13,15H,2-11H2,1H3. The summed E-state index contributed by atoms with van der Waals surface area (Å²) >= 11 is 0. The molecule has 2 aliphatic rings. The van der Waals surface area contributed by atoms with Gasteiger partial charge in [0, 0.05) is 32.7 Å². The molecule has 2 aliphatic heterocycles. The number of hydrogen-bond acceptors (Lipinski definition) is 3. The molecule has 0 spiro atoms. The van der Waals surface area contributed by atoms with Gasteiger partial charge in [0.25, 0.3) is 0 Å². The van der Waals surface area contributed by atoms with E-state index in [1.165, 1.54) is 19.3 Å². The minimum absolute atomic E-state index is 0.278. The van der Waals surface area contributed by atoms with Crippen LogP contribution in [0.5, 0.6) is 0 Å². The fourth-order valence-corrected chi connectivity index (χ4v) is 2.91. The molecule has 2 rings (SSSR count). The van der Waals surface area contributed by atoms with Crippen LogP contribution in [0.2, 0.25) is 0 Å². The first-order chi connectivity index (χ1) is 8.75. The van der Waals surface area contributed by atoms with Crippen molar-refractivity contribution in [3.63, 3.8) is 0 Å². The number of piperidine rings is 1. The summed E-state index contributed by atoms with van der Waals surface area (Å²) in [5.41, 5.74) is 0. The van der Waals surface area contributed by atoms with Crippen molar-refractivity contribution in [1.29, 1.82) is 0 Å². The molecule has 2 fully saturated rings. The molecule has 0 aromatic heterocycles. The second-order valence-electron chi connectivity index (χ2n) is 5.71. The summed E-state index contributed by atoms with van der Waals surface area (Å²) in [6, 6.07) is 0.399. The predicted molar refractivity (Wildman–Crippen MR) is 71.4 cm³/mol. The maximum atomic E-state index is 12.1. The molecule has 18 heavy (non-hydrogen) atoms. The molecule has 1 amide bonds. The highest BCUT2D eigenvalue weighted by Crippen LogP contribution is 2.16. The largest absolute Gasteiger partial charge is 0.381 e. The van der Waals surface area contributed by atoms with Gasteiger partial charge < -0.3 is 15.0 Å². The highest BCUT2D eigenvalue weighted by Gasteiger charge is 2.22. The van der Waals surface area contributed by atoms with Crippen molar-refractivity contribution < 1.29 is 9.53 Å². The molecule has 0 bridgehead atoms. The van der Waals surface area contributed by atoms with Crippen molar-refractivity contribution in [3.8, 4) is 0 Å². The van der Waals surface area contributed by atoms with Crippen LogP contribution in [0.1, 0.15) is 38.5 Å². The molecule has 2 heterocycles. The summed E-state index contributed by atoms with van der Waals surface area (Å²) in [6.45, 7) is 3.63. The van der Waals surface area contributed by atoms with Gasteiger partial charge in [-0.2, -0.15) is 0 Å².